The third-order valence-corrected chi connectivity index (χ3v) is 4.09. The highest BCUT2D eigenvalue weighted by molar-refractivity contribution is 8.26. The fourth-order valence-electron chi connectivity index (χ4n) is 1.66. The lowest BCUT2D eigenvalue weighted by Crippen LogP contribution is -2.41. The molecule has 1 N–H and O–H groups in total. The average Bonchev–Trinajstić information content (AvgIpc) is 2.66. The molecule has 7 heteroatoms. The number of amides is 1. The van der Waals surface area contributed by atoms with Crippen LogP contribution in [0.1, 0.15) is 12.5 Å². The van der Waals surface area contributed by atoms with Crippen LogP contribution in [0.2, 0.25) is 0 Å². The maximum Gasteiger partial charge on any atom is 0.326 e. The minimum Gasteiger partial charge on any atom is -0.480 e. The number of rotatable bonds is 3. The molecule has 4 nitrogen and oxygen atoms in total. The normalized spacial score (nSPS) is 18.7. The predicted molar refractivity (Wildman–Crippen MR) is 78.5 cm³/mol. The van der Waals surface area contributed by atoms with Crippen molar-refractivity contribution in [1.82, 2.24) is 4.90 Å². The first-order valence-electron chi connectivity index (χ1n) is 5.66. The van der Waals surface area contributed by atoms with Gasteiger partial charge in [-0.15, -0.1) is 0 Å². The van der Waals surface area contributed by atoms with E-state index in [-0.39, 0.29) is 14.8 Å². The lowest BCUT2D eigenvalue weighted by atomic mass is 10.2. The summed E-state index contributed by atoms with van der Waals surface area (Å²) in [5.74, 6) is -2.12. The molecule has 0 saturated carbocycles. The number of nitrogens with zero attached hydrogens (tertiary/aromatic N) is 1. The Balaban J connectivity index is 2.33. The number of hydrogen-bond acceptors (Lipinski definition) is 4. The van der Waals surface area contributed by atoms with Crippen molar-refractivity contribution in [2.75, 3.05) is 0 Å². The highest BCUT2D eigenvalue weighted by Crippen LogP contribution is 2.34. The Kier molecular flexibility index (Phi) is 4.20. The summed E-state index contributed by atoms with van der Waals surface area (Å²) in [6.45, 7) is 1.37. The zero-order valence-electron chi connectivity index (χ0n) is 10.4. The minimum atomic E-state index is -1.14. The molecule has 20 heavy (non-hydrogen) atoms. The van der Waals surface area contributed by atoms with Crippen molar-refractivity contribution in [3.63, 3.8) is 0 Å². The fraction of sp³-hybridized carbons (Fsp3) is 0.154. The Morgan fingerprint density at radius 3 is 2.75 bits per heavy atom. The molecule has 0 aliphatic carbocycles. The Hall–Kier alpha value is -1.73. The summed E-state index contributed by atoms with van der Waals surface area (Å²) in [6, 6.07) is 4.96. The van der Waals surface area contributed by atoms with Crippen LogP contribution in [0.4, 0.5) is 4.39 Å². The van der Waals surface area contributed by atoms with Gasteiger partial charge in [-0.1, -0.05) is 42.2 Å². The number of thiocarbonyl (C=S) groups is 1. The second-order valence-electron chi connectivity index (χ2n) is 4.09. The number of carbonyl (C=O) groups excluding carboxylic acids is 1. The number of carboxylic acids is 1. The van der Waals surface area contributed by atoms with Gasteiger partial charge in [-0.25, -0.2) is 9.18 Å². The molecule has 0 radical (unpaired) electrons. The lowest BCUT2D eigenvalue weighted by molar-refractivity contribution is -0.144. The summed E-state index contributed by atoms with van der Waals surface area (Å²) in [5, 5.41) is 8.96. The van der Waals surface area contributed by atoms with Gasteiger partial charge in [0.25, 0.3) is 5.91 Å². The van der Waals surface area contributed by atoms with Crippen molar-refractivity contribution in [2.24, 2.45) is 0 Å². The summed E-state index contributed by atoms with van der Waals surface area (Å²) in [5.41, 5.74) is 0.260. The number of hydrogen-bond donors (Lipinski definition) is 1. The molecule has 2 rings (SSSR count). The third kappa shape index (κ3) is 2.73. The van der Waals surface area contributed by atoms with Crippen molar-refractivity contribution in [3.05, 3.63) is 40.6 Å². The van der Waals surface area contributed by atoms with Gasteiger partial charge in [0.15, 0.2) is 0 Å². The molecule has 1 saturated heterocycles. The lowest BCUT2D eigenvalue weighted by Gasteiger charge is -2.18. The van der Waals surface area contributed by atoms with Crippen LogP contribution in [0.25, 0.3) is 6.08 Å². The van der Waals surface area contributed by atoms with Crippen LogP contribution in [0.15, 0.2) is 29.2 Å². The van der Waals surface area contributed by atoms with E-state index < -0.39 is 23.7 Å². The van der Waals surface area contributed by atoms with E-state index in [1.54, 1.807) is 12.1 Å². The van der Waals surface area contributed by atoms with Gasteiger partial charge in [-0.05, 0) is 19.1 Å². The molecule has 1 unspecified atom stereocenters. The Labute approximate surface area is 124 Å². The number of thioether (sulfide) groups is 1. The molecule has 0 spiro atoms. The van der Waals surface area contributed by atoms with E-state index in [0.717, 1.165) is 16.7 Å². The monoisotopic (exact) mass is 311 g/mol. The molecule has 1 amide bonds. The predicted octanol–water partition coefficient (Wildman–Crippen LogP) is 2.50. The van der Waals surface area contributed by atoms with Gasteiger partial charge in [0.05, 0.1) is 4.91 Å². The van der Waals surface area contributed by atoms with Crippen LogP contribution in [-0.2, 0) is 9.59 Å². The number of halogens is 1. The molecule has 1 aliphatic heterocycles. The fourth-order valence-corrected chi connectivity index (χ4v) is 3.07. The van der Waals surface area contributed by atoms with Crippen LogP contribution in [0.5, 0.6) is 0 Å². The first-order chi connectivity index (χ1) is 9.41. The SMILES string of the molecule is CC(C(=O)O)N1C(=O)C(=Cc2ccccc2F)SC1=S. The first-order valence-corrected chi connectivity index (χ1v) is 6.88. The standard InChI is InChI=1S/C13H10FNO3S2/c1-7(12(17)18)15-11(16)10(20-13(15)19)6-8-4-2-3-5-9(8)14/h2-7H,1H3,(H,17,18). The van der Waals surface area contributed by atoms with Crippen LogP contribution >= 0.6 is 24.0 Å². The maximum absolute atomic E-state index is 13.5. The molecule has 1 aromatic rings. The number of aliphatic carboxylic acids is 1. The van der Waals surface area contributed by atoms with Crippen LogP contribution in [0, 0.1) is 5.82 Å². The summed E-state index contributed by atoms with van der Waals surface area (Å²) >= 11 is 5.98. The molecule has 1 fully saturated rings. The van der Waals surface area contributed by atoms with Crippen molar-refractivity contribution >= 4 is 46.3 Å². The Bertz CT molecular complexity index is 630. The zero-order valence-corrected chi connectivity index (χ0v) is 12.0. The van der Waals surface area contributed by atoms with E-state index in [2.05, 4.69) is 0 Å². The van der Waals surface area contributed by atoms with Crippen LogP contribution in [-0.4, -0.2) is 32.2 Å². The van der Waals surface area contributed by atoms with E-state index in [1.807, 2.05) is 0 Å². The van der Waals surface area contributed by atoms with E-state index in [9.17, 15) is 14.0 Å². The Morgan fingerprint density at radius 2 is 2.15 bits per heavy atom. The second-order valence-corrected chi connectivity index (χ2v) is 5.76. The summed E-state index contributed by atoms with van der Waals surface area (Å²) in [6.07, 6.45) is 1.38. The van der Waals surface area contributed by atoms with Crippen molar-refractivity contribution in [2.45, 2.75) is 13.0 Å². The highest BCUT2D eigenvalue weighted by atomic mass is 32.2. The topological polar surface area (TPSA) is 57.6 Å². The van der Waals surface area contributed by atoms with E-state index in [0.29, 0.717) is 0 Å². The molecular weight excluding hydrogens is 301 g/mol. The van der Waals surface area contributed by atoms with Crippen molar-refractivity contribution in [1.29, 1.82) is 0 Å². The second kappa shape index (κ2) is 5.72. The summed E-state index contributed by atoms with van der Waals surface area (Å²) in [4.78, 5) is 24.3. The maximum atomic E-state index is 13.5. The largest absolute Gasteiger partial charge is 0.480 e. The summed E-state index contributed by atoms with van der Waals surface area (Å²) in [7, 11) is 0. The van der Waals surface area contributed by atoms with Gasteiger partial charge in [-0.3, -0.25) is 9.69 Å². The number of benzene rings is 1. The highest BCUT2D eigenvalue weighted by Gasteiger charge is 2.38. The average molecular weight is 311 g/mol. The molecule has 0 bridgehead atoms. The molecule has 1 aliphatic rings. The molecular formula is C13H10FNO3S2. The van der Waals surface area contributed by atoms with Crippen LogP contribution < -0.4 is 0 Å². The summed E-state index contributed by atoms with van der Waals surface area (Å²) < 4.78 is 13.7. The van der Waals surface area contributed by atoms with Crippen molar-refractivity contribution in [3.8, 4) is 0 Å². The van der Waals surface area contributed by atoms with Crippen molar-refractivity contribution < 1.29 is 19.1 Å². The van der Waals surface area contributed by atoms with Gasteiger partial charge in [0.1, 0.15) is 16.2 Å². The molecule has 1 atom stereocenters. The quantitative estimate of drug-likeness (QED) is 0.686. The molecule has 104 valence electrons. The molecule has 0 aromatic heterocycles. The number of carbonyl (C=O) groups is 2. The van der Waals surface area contributed by atoms with Gasteiger partial charge >= 0.3 is 5.97 Å². The van der Waals surface area contributed by atoms with Gasteiger partial charge < -0.3 is 5.11 Å². The Morgan fingerprint density at radius 1 is 1.50 bits per heavy atom. The smallest absolute Gasteiger partial charge is 0.326 e. The minimum absolute atomic E-state index is 0.160. The van der Waals surface area contributed by atoms with E-state index >= 15 is 0 Å². The van der Waals surface area contributed by atoms with Gasteiger partial charge in [0, 0.05) is 5.56 Å². The van der Waals surface area contributed by atoms with E-state index in [1.165, 1.54) is 25.1 Å². The number of carboxylic acid groups (broad SMARTS) is 1. The van der Waals surface area contributed by atoms with Gasteiger partial charge in [0.2, 0.25) is 0 Å². The van der Waals surface area contributed by atoms with Crippen LogP contribution in [0.3, 0.4) is 0 Å². The third-order valence-electron chi connectivity index (χ3n) is 2.76. The molecule has 1 heterocycles. The first kappa shape index (κ1) is 14.7. The zero-order chi connectivity index (χ0) is 14.9. The van der Waals surface area contributed by atoms with Gasteiger partial charge in [-0.2, -0.15) is 0 Å². The molecule has 1 aromatic carbocycles. The van der Waals surface area contributed by atoms with E-state index in [4.69, 9.17) is 17.3 Å².